The highest BCUT2D eigenvalue weighted by molar-refractivity contribution is 7.98. The molecule has 0 aromatic carbocycles. The van der Waals surface area contributed by atoms with Crippen LogP contribution in [0.3, 0.4) is 0 Å². The lowest BCUT2D eigenvalue weighted by atomic mass is 10.1. The predicted octanol–water partition coefficient (Wildman–Crippen LogP) is 1.35. The van der Waals surface area contributed by atoms with Gasteiger partial charge in [-0.1, -0.05) is 0 Å². The van der Waals surface area contributed by atoms with Gasteiger partial charge in [-0.3, -0.25) is 16.3 Å². The van der Waals surface area contributed by atoms with Gasteiger partial charge in [-0.05, 0) is 30.1 Å². The molecule has 1 atom stereocenters. The minimum atomic E-state index is 0.139. The van der Waals surface area contributed by atoms with Gasteiger partial charge >= 0.3 is 0 Å². The van der Waals surface area contributed by atoms with Gasteiger partial charge in [0.2, 0.25) is 0 Å². The van der Waals surface area contributed by atoms with Crippen molar-refractivity contribution in [2.45, 2.75) is 12.5 Å². The Hall–Kier alpha value is -0.780. The molecular formula is C10H17N3OS. The average Bonchev–Trinajstić information content (AvgIpc) is 2.30. The molecule has 1 unspecified atom stereocenters. The molecule has 0 aliphatic carbocycles. The molecule has 15 heavy (non-hydrogen) atoms. The van der Waals surface area contributed by atoms with Gasteiger partial charge in [0.1, 0.15) is 5.75 Å². The Labute approximate surface area is 94.6 Å². The third-order valence-electron chi connectivity index (χ3n) is 2.18. The van der Waals surface area contributed by atoms with Gasteiger partial charge in [0.05, 0.1) is 13.3 Å². The van der Waals surface area contributed by atoms with Crippen molar-refractivity contribution in [3.05, 3.63) is 24.0 Å². The molecule has 0 aliphatic heterocycles. The van der Waals surface area contributed by atoms with Crippen LogP contribution in [0.2, 0.25) is 0 Å². The van der Waals surface area contributed by atoms with Gasteiger partial charge in [0.25, 0.3) is 0 Å². The van der Waals surface area contributed by atoms with Crippen LogP contribution in [-0.2, 0) is 0 Å². The molecule has 0 radical (unpaired) electrons. The highest BCUT2D eigenvalue weighted by atomic mass is 32.2. The second kappa shape index (κ2) is 6.66. The van der Waals surface area contributed by atoms with Crippen molar-refractivity contribution in [1.29, 1.82) is 0 Å². The normalized spacial score (nSPS) is 12.5. The number of nitrogens with two attached hydrogens (primary N) is 1. The summed E-state index contributed by atoms with van der Waals surface area (Å²) in [5, 5.41) is 0. The van der Waals surface area contributed by atoms with Crippen molar-refractivity contribution in [2.75, 3.05) is 19.1 Å². The van der Waals surface area contributed by atoms with Gasteiger partial charge in [0.15, 0.2) is 0 Å². The summed E-state index contributed by atoms with van der Waals surface area (Å²) in [6.07, 6.45) is 6.56. The Morgan fingerprint density at radius 1 is 1.60 bits per heavy atom. The summed E-state index contributed by atoms with van der Waals surface area (Å²) in [7, 11) is 1.63. The number of thioether (sulfide) groups is 1. The molecule has 5 heteroatoms. The minimum Gasteiger partial charge on any atom is -0.495 e. The van der Waals surface area contributed by atoms with E-state index in [1.54, 1.807) is 25.1 Å². The van der Waals surface area contributed by atoms with E-state index in [2.05, 4.69) is 16.7 Å². The number of ether oxygens (including phenoxy) is 1. The lowest BCUT2D eigenvalue weighted by Crippen LogP contribution is -2.28. The molecule has 1 rings (SSSR count). The number of hydrogen-bond donors (Lipinski definition) is 2. The molecule has 0 spiro atoms. The fraction of sp³-hybridized carbons (Fsp3) is 0.500. The third-order valence-corrected chi connectivity index (χ3v) is 2.83. The Morgan fingerprint density at radius 3 is 3.00 bits per heavy atom. The van der Waals surface area contributed by atoms with Crippen molar-refractivity contribution < 1.29 is 4.74 Å². The fourth-order valence-electron chi connectivity index (χ4n) is 1.32. The van der Waals surface area contributed by atoms with Crippen LogP contribution in [0.4, 0.5) is 0 Å². The largest absolute Gasteiger partial charge is 0.495 e. The summed E-state index contributed by atoms with van der Waals surface area (Å²) in [6.45, 7) is 0. The van der Waals surface area contributed by atoms with Crippen molar-refractivity contribution in [3.63, 3.8) is 0 Å². The number of nitrogens with one attached hydrogen (secondary N) is 1. The summed E-state index contributed by atoms with van der Waals surface area (Å²) in [5.74, 6) is 7.33. The topological polar surface area (TPSA) is 60.2 Å². The monoisotopic (exact) mass is 227 g/mol. The zero-order chi connectivity index (χ0) is 11.1. The molecule has 0 saturated carbocycles. The minimum absolute atomic E-state index is 0.139. The standard InChI is InChI=1S/C10H17N3OS/c1-14-9-5-8(6-12-7-9)10(13-11)3-4-15-2/h5-7,10,13H,3-4,11H2,1-2H3. The maximum absolute atomic E-state index is 5.51. The Balaban J connectivity index is 2.72. The van der Waals surface area contributed by atoms with Gasteiger partial charge in [-0.15, -0.1) is 0 Å². The first-order valence-corrected chi connectivity index (χ1v) is 6.15. The predicted molar refractivity (Wildman–Crippen MR) is 63.9 cm³/mol. The van der Waals surface area contributed by atoms with Crippen molar-refractivity contribution in [3.8, 4) is 5.75 Å². The highest BCUT2D eigenvalue weighted by Crippen LogP contribution is 2.20. The molecular weight excluding hydrogens is 210 g/mol. The SMILES string of the molecule is COc1cncc(C(CCSC)NN)c1. The molecule has 0 bridgehead atoms. The summed E-state index contributed by atoms with van der Waals surface area (Å²) in [5.41, 5.74) is 3.86. The van der Waals surface area contributed by atoms with Gasteiger partial charge in [-0.25, -0.2) is 0 Å². The van der Waals surface area contributed by atoms with E-state index >= 15 is 0 Å². The number of pyridine rings is 1. The van der Waals surface area contributed by atoms with Crippen molar-refractivity contribution >= 4 is 11.8 Å². The zero-order valence-corrected chi connectivity index (χ0v) is 9.88. The van der Waals surface area contributed by atoms with Crippen LogP contribution in [0, 0.1) is 0 Å². The van der Waals surface area contributed by atoms with Crippen LogP contribution >= 0.6 is 11.8 Å². The van der Waals surface area contributed by atoms with E-state index in [4.69, 9.17) is 10.6 Å². The van der Waals surface area contributed by atoms with Crippen LogP contribution in [0.25, 0.3) is 0 Å². The van der Waals surface area contributed by atoms with Crippen LogP contribution in [-0.4, -0.2) is 24.1 Å². The summed E-state index contributed by atoms with van der Waals surface area (Å²) >= 11 is 1.80. The Morgan fingerprint density at radius 2 is 2.40 bits per heavy atom. The molecule has 4 nitrogen and oxygen atoms in total. The van der Waals surface area contributed by atoms with Crippen LogP contribution in [0.15, 0.2) is 18.5 Å². The molecule has 0 fully saturated rings. The first-order valence-electron chi connectivity index (χ1n) is 4.75. The smallest absolute Gasteiger partial charge is 0.137 e. The first-order chi connectivity index (χ1) is 7.31. The van der Waals surface area contributed by atoms with Gasteiger partial charge in [0, 0.05) is 12.2 Å². The van der Waals surface area contributed by atoms with E-state index in [0.717, 1.165) is 23.5 Å². The number of hydrogen-bond acceptors (Lipinski definition) is 5. The first kappa shape index (κ1) is 12.3. The van der Waals surface area contributed by atoms with Crippen molar-refractivity contribution in [2.24, 2.45) is 5.84 Å². The molecule has 0 amide bonds. The molecule has 3 N–H and O–H groups in total. The molecule has 1 heterocycles. The number of rotatable bonds is 6. The fourth-order valence-corrected chi connectivity index (χ4v) is 1.79. The van der Waals surface area contributed by atoms with Crippen LogP contribution in [0.1, 0.15) is 18.0 Å². The molecule has 1 aromatic rings. The van der Waals surface area contributed by atoms with E-state index in [1.807, 2.05) is 12.3 Å². The molecule has 0 saturated heterocycles. The van der Waals surface area contributed by atoms with Gasteiger partial charge < -0.3 is 4.74 Å². The van der Waals surface area contributed by atoms with Crippen LogP contribution < -0.4 is 16.0 Å². The number of hydrazine groups is 1. The maximum atomic E-state index is 5.51. The zero-order valence-electron chi connectivity index (χ0n) is 9.06. The van der Waals surface area contributed by atoms with E-state index in [-0.39, 0.29) is 6.04 Å². The number of aromatic nitrogens is 1. The summed E-state index contributed by atoms with van der Waals surface area (Å²) < 4.78 is 5.12. The van der Waals surface area contributed by atoms with E-state index < -0.39 is 0 Å². The van der Waals surface area contributed by atoms with Crippen molar-refractivity contribution in [1.82, 2.24) is 10.4 Å². The Kier molecular flexibility index (Phi) is 5.45. The molecule has 1 aromatic heterocycles. The molecule has 84 valence electrons. The summed E-state index contributed by atoms with van der Waals surface area (Å²) in [4.78, 5) is 4.11. The van der Waals surface area contributed by atoms with Crippen LogP contribution in [0.5, 0.6) is 5.75 Å². The quantitative estimate of drug-likeness (QED) is 0.567. The van der Waals surface area contributed by atoms with E-state index in [0.29, 0.717) is 0 Å². The maximum Gasteiger partial charge on any atom is 0.137 e. The number of nitrogens with zero attached hydrogens (tertiary/aromatic N) is 1. The van der Waals surface area contributed by atoms with E-state index in [9.17, 15) is 0 Å². The summed E-state index contributed by atoms with van der Waals surface area (Å²) in [6, 6.07) is 2.10. The second-order valence-electron chi connectivity index (χ2n) is 3.16. The third kappa shape index (κ3) is 3.70. The highest BCUT2D eigenvalue weighted by Gasteiger charge is 2.10. The second-order valence-corrected chi connectivity index (χ2v) is 4.14. The molecule has 0 aliphatic rings. The lowest BCUT2D eigenvalue weighted by molar-refractivity contribution is 0.410. The Bertz CT molecular complexity index is 296. The average molecular weight is 227 g/mol. The lowest BCUT2D eigenvalue weighted by Gasteiger charge is -2.15. The van der Waals surface area contributed by atoms with Gasteiger partial charge in [-0.2, -0.15) is 11.8 Å². The van der Waals surface area contributed by atoms with E-state index in [1.165, 1.54) is 0 Å². The number of methoxy groups -OCH3 is 1.